The van der Waals surface area contributed by atoms with Gasteiger partial charge in [-0.05, 0) is 54.6 Å². The van der Waals surface area contributed by atoms with E-state index in [-0.39, 0.29) is 23.6 Å². The largest absolute Gasteiger partial charge is 0.497 e. The van der Waals surface area contributed by atoms with Crippen LogP contribution in [0.25, 0.3) is 6.08 Å². The highest BCUT2D eigenvalue weighted by atomic mass is 19.4. The highest BCUT2D eigenvalue weighted by Gasteiger charge is 2.30. The third-order valence-electron chi connectivity index (χ3n) is 4.76. The van der Waals surface area contributed by atoms with Crippen molar-refractivity contribution >= 4 is 29.3 Å². The smallest absolute Gasteiger partial charge is 0.416 e. The summed E-state index contributed by atoms with van der Waals surface area (Å²) in [5.41, 5.74) is -0.558. The van der Waals surface area contributed by atoms with Crippen LogP contribution in [0.1, 0.15) is 11.1 Å². The molecule has 7 nitrogen and oxygen atoms in total. The van der Waals surface area contributed by atoms with E-state index in [1.165, 1.54) is 19.3 Å². The summed E-state index contributed by atoms with van der Waals surface area (Å²) in [5, 5.41) is 14.4. The number of amides is 2. The number of rotatable bonds is 8. The molecule has 10 heteroatoms. The summed E-state index contributed by atoms with van der Waals surface area (Å²) in [6, 6.07) is 18.9. The predicted octanol–water partition coefficient (Wildman–Crippen LogP) is 5.28. The first-order valence-electron chi connectivity index (χ1n) is 10.5. The van der Waals surface area contributed by atoms with E-state index < -0.39 is 23.6 Å². The zero-order chi connectivity index (χ0) is 26.1. The number of benzene rings is 3. The van der Waals surface area contributed by atoms with Crippen molar-refractivity contribution in [3.8, 4) is 17.6 Å². The number of nitrogens with one attached hydrogen (secondary N) is 2. The molecule has 2 amide bonds. The Labute approximate surface area is 204 Å². The minimum atomic E-state index is -4.58. The molecule has 0 unspecified atom stereocenters. The fraction of sp³-hybridized carbons (Fsp3) is 0.115. The summed E-state index contributed by atoms with van der Waals surface area (Å²) in [6.45, 7) is -0.352. The maximum atomic E-state index is 12.9. The molecule has 0 aliphatic heterocycles. The van der Waals surface area contributed by atoms with E-state index >= 15 is 0 Å². The van der Waals surface area contributed by atoms with Crippen molar-refractivity contribution in [1.29, 1.82) is 5.26 Å². The van der Waals surface area contributed by atoms with Gasteiger partial charge in [-0.2, -0.15) is 18.4 Å². The number of ether oxygens (including phenoxy) is 2. The van der Waals surface area contributed by atoms with Crippen molar-refractivity contribution in [2.24, 2.45) is 0 Å². The molecule has 2 N–H and O–H groups in total. The molecule has 0 atom stereocenters. The molecule has 0 saturated carbocycles. The van der Waals surface area contributed by atoms with E-state index in [1.807, 2.05) is 0 Å². The monoisotopic (exact) mass is 495 g/mol. The molecule has 0 bridgehead atoms. The number of carbonyl (C=O) groups is 2. The molecule has 3 aromatic carbocycles. The van der Waals surface area contributed by atoms with Crippen molar-refractivity contribution in [3.05, 3.63) is 89.5 Å². The van der Waals surface area contributed by atoms with Crippen molar-refractivity contribution in [2.75, 3.05) is 24.4 Å². The van der Waals surface area contributed by atoms with Gasteiger partial charge in [-0.15, -0.1) is 0 Å². The van der Waals surface area contributed by atoms with Crippen molar-refractivity contribution in [3.63, 3.8) is 0 Å². The number of alkyl halides is 3. The van der Waals surface area contributed by atoms with Crippen LogP contribution in [-0.4, -0.2) is 25.5 Å². The standard InChI is InChI=1S/C26H20F3N3O4/c1-35-22-11-9-20(10-12-22)31-24(33)16-36-23-8-3-2-5-17(23)13-18(15-30)25(34)32-21-7-4-6-19(14-21)26(27,28)29/h2-14H,16H2,1H3,(H,31,33)(H,32,34)/b18-13+. The molecule has 36 heavy (non-hydrogen) atoms. The first-order valence-corrected chi connectivity index (χ1v) is 10.5. The number of methoxy groups -OCH3 is 1. The number of halogens is 3. The Morgan fingerprint density at radius 2 is 1.69 bits per heavy atom. The van der Waals surface area contributed by atoms with E-state index in [9.17, 15) is 28.0 Å². The molecule has 0 aliphatic rings. The first kappa shape index (κ1) is 25.8. The van der Waals surface area contributed by atoms with E-state index in [0.29, 0.717) is 17.0 Å². The Morgan fingerprint density at radius 1 is 0.972 bits per heavy atom. The first-order chi connectivity index (χ1) is 17.2. The third kappa shape index (κ3) is 7.11. The van der Waals surface area contributed by atoms with Crippen LogP contribution in [0.5, 0.6) is 11.5 Å². The second-order valence-electron chi connectivity index (χ2n) is 7.31. The molecular weight excluding hydrogens is 475 g/mol. The van der Waals surface area contributed by atoms with Gasteiger partial charge in [0.05, 0.1) is 12.7 Å². The van der Waals surface area contributed by atoms with Crippen LogP contribution in [0.4, 0.5) is 24.5 Å². The Morgan fingerprint density at radius 3 is 2.36 bits per heavy atom. The number of para-hydroxylation sites is 1. The average molecular weight is 495 g/mol. The van der Waals surface area contributed by atoms with Crippen LogP contribution in [-0.2, 0) is 15.8 Å². The lowest BCUT2D eigenvalue weighted by Gasteiger charge is -2.11. The molecule has 3 rings (SSSR count). The Hall–Kier alpha value is -4.78. The highest BCUT2D eigenvalue weighted by molar-refractivity contribution is 6.09. The van der Waals surface area contributed by atoms with E-state index in [1.54, 1.807) is 54.6 Å². The number of carbonyl (C=O) groups excluding carboxylic acids is 2. The van der Waals surface area contributed by atoms with Gasteiger partial charge in [0.25, 0.3) is 11.8 Å². The van der Waals surface area contributed by atoms with Crippen LogP contribution in [0.3, 0.4) is 0 Å². The molecule has 0 saturated heterocycles. The van der Waals surface area contributed by atoms with Gasteiger partial charge in [0.1, 0.15) is 23.1 Å². The highest BCUT2D eigenvalue weighted by Crippen LogP contribution is 2.31. The minimum absolute atomic E-state index is 0.115. The molecule has 0 aromatic heterocycles. The van der Waals surface area contributed by atoms with Gasteiger partial charge >= 0.3 is 6.18 Å². The van der Waals surface area contributed by atoms with Crippen LogP contribution in [0.2, 0.25) is 0 Å². The molecular formula is C26H20F3N3O4. The maximum absolute atomic E-state index is 12.9. The second kappa shape index (κ2) is 11.6. The Bertz CT molecular complexity index is 1310. The summed E-state index contributed by atoms with van der Waals surface area (Å²) in [6.07, 6.45) is -3.36. The lowest BCUT2D eigenvalue weighted by Crippen LogP contribution is -2.20. The molecule has 184 valence electrons. The molecule has 0 fully saturated rings. The average Bonchev–Trinajstić information content (AvgIpc) is 2.86. The number of nitrogens with zero attached hydrogens (tertiary/aromatic N) is 1. The lowest BCUT2D eigenvalue weighted by molar-refractivity contribution is -0.137. The van der Waals surface area contributed by atoms with E-state index in [4.69, 9.17) is 9.47 Å². The van der Waals surface area contributed by atoms with E-state index in [0.717, 1.165) is 18.2 Å². The Balaban J connectivity index is 1.69. The van der Waals surface area contributed by atoms with Gasteiger partial charge in [-0.1, -0.05) is 24.3 Å². The zero-order valence-electron chi connectivity index (χ0n) is 18.9. The summed E-state index contributed by atoms with van der Waals surface area (Å²) in [5.74, 6) is -0.483. The summed E-state index contributed by atoms with van der Waals surface area (Å²) < 4.78 is 49.4. The molecule has 0 radical (unpaired) electrons. The molecule has 3 aromatic rings. The van der Waals surface area contributed by atoms with Crippen LogP contribution >= 0.6 is 0 Å². The van der Waals surface area contributed by atoms with Crippen LogP contribution < -0.4 is 20.1 Å². The molecule has 0 heterocycles. The van der Waals surface area contributed by atoms with Gasteiger partial charge in [0.15, 0.2) is 6.61 Å². The van der Waals surface area contributed by atoms with Gasteiger partial charge in [-0.3, -0.25) is 9.59 Å². The fourth-order valence-corrected chi connectivity index (χ4v) is 3.02. The number of anilines is 2. The van der Waals surface area contributed by atoms with Gasteiger partial charge < -0.3 is 20.1 Å². The number of hydrogen-bond acceptors (Lipinski definition) is 5. The maximum Gasteiger partial charge on any atom is 0.416 e. The van der Waals surface area contributed by atoms with Gasteiger partial charge in [-0.25, -0.2) is 0 Å². The summed E-state index contributed by atoms with van der Waals surface area (Å²) in [4.78, 5) is 24.8. The normalized spacial score (nSPS) is 11.2. The molecule has 0 spiro atoms. The molecule has 0 aliphatic carbocycles. The van der Waals surface area contributed by atoms with Crippen molar-refractivity contribution in [1.82, 2.24) is 0 Å². The van der Waals surface area contributed by atoms with Crippen LogP contribution in [0, 0.1) is 11.3 Å². The second-order valence-corrected chi connectivity index (χ2v) is 7.31. The lowest BCUT2D eigenvalue weighted by atomic mass is 10.1. The van der Waals surface area contributed by atoms with Crippen LogP contribution in [0.15, 0.2) is 78.4 Å². The summed E-state index contributed by atoms with van der Waals surface area (Å²) in [7, 11) is 1.53. The predicted molar refractivity (Wildman–Crippen MR) is 127 cm³/mol. The minimum Gasteiger partial charge on any atom is -0.497 e. The quantitative estimate of drug-likeness (QED) is 0.327. The van der Waals surface area contributed by atoms with Crippen molar-refractivity contribution < 1.29 is 32.2 Å². The fourth-order valence-electron chi connectivity index (χ4n) is 3.02. The zero-order valence-corrected chi connectivity index (χ0v) is 18.9. The van der Waals surface area contributed by atoms with Crippen molar-refractivity contribution in [2.45, 2.75) is 6.18 Å². The topological polar surface area (TPSA) is 100 Å². The summed E-state index contributed by atoms with van der Waals surface area (Å²) >= 11 is 0. The number of hydrogen-bond donors (Lipinski definition) is 2. The SMILES string of the molecule is COc1ccc(NC(=O)COc2ccccc2/C=C(\C#N)C(=O)Nc2cccc(C(F)(F)F)c2)cc1. The number of nitriles is 1. The van der Waals surface area contributed by atoms with Gasteiger partial charge in [0, 0.05) is 16.9 Å². The Kier molecular flexibility index (Phi) is 8.30. The van der Waals surface area contributed by atoms with Gasteiger partial charge in [0.2, 0.25) is 0 Å². The van der Waals surface area contributed by atoms with E-state index in [2.05, 4.69) is 10.6 Å². The third-order valence-corrected chi connectivity index (χ3v) is 4.76.